The molecule has 0 aliphatic carbocycles. The van der Waals surface area contributed by atoms with Gasteiger partial charge in [-0.15, -0.1) is 0 Å². The monoisotopic (exact) mass is 253 g/mol. The van der Waals surface area contributed by atoms with E-state index in [-0.39, 0.29) is 5.91 Å². The first-order chi connectivity index (χ1) is 8.77. The number of amides is 1. The zero-order valence-electron chi connectivity index (χ0n) is 10.6. The fourth-order valence-corrected chi connectivity index (χ4v) is 2.31. The standard InChI is InChI=1S/C12H19N3O3/c1-17-9-12(3-6-13-7-4-12)11(16)14-8-10-2-5-15-18-10/h2,5,13H,3-4,6-9H2,1H3,(H,14,16). The summed E-state index contributed by atoms with van der Waals surface area (Å²) in [7, 11) is 1.63. The van der Waals surface area contributed by atoms with Crippen LogP contribution in [-0.4, -0.2) is 37.9 Å². The number of hydrogen-bond acceptors (Lipinski definition) is 5. The largest absolute Gasteiger partial charge is 0.384 e. The lowest BCUT2D eigenvalue weighted by molar-refractivity contribution is -0.136. The van der Waals surface area contributed by atoms with Gasteiger partial charge in [-0.25, -0.2) is 0 Å². The molecule has 1 aromatic heterocycles. The number of nitrogens with zero attached hydrogens (tertiary/aromatic N) is 1. The quantitative estimate of drug-likeness (QED) is 0.789. The Labute approximate surface area is 106 Å². The van der Waals surface area contributed by atoms with Gasteiger partial charge in [0.05, 0.1) is 24.8 Å². The molecule has 2 rings (SSSR count). The third kappa shape index (κ3) is 2.88. The highest BCUT2D eigenvalue weighted by Crippen LogP contribution is 2.29. The van der Waals surface area contributed by atoms with Crippen LogP contribution < -0.4 is 10.6 Å². The summed E-state index contributed by atoms with van der Waals surface area (Å²) in [6.07, 6.45) is 3.16. The molecule has 18 heavy (non-hydrogen) atoms. The molecule has 1 fully saturated rings. The number of aromatic nitrogens is 1. The van der Waals surface area contributed by atoms with Gasteiger partial charge in [0.1, 0.15) is 0 Å². The minimum absolute atomic E-state index is 0.0299. The Morgan fingerprint density at radius 2 is 2.39 bits per heavy atom. The van der Waals surface area contributed by atoms with Crippen molar-refractivity contribution in [2.75, 3.05) is 26.8 Å². The van der Waals surface area contributed by atoms with Gasteiger partial charge in [0.2, 0.25) is 5.91 Å². The molecule has 6 heteroatoms. The van der Waals surface area contributed by atoms with Crippen molar-refractivity contribution in [1.29, 1.82) is 0 Å². The van der Waals surface area contributed by atoms with Crippen LogP contribution in [0.25, 0.3) is 0 Å². The predicted octanol–water partition coefficient (Wildman–Crippen LogP) is 0.307. The van der Waals surface area contributed by atoms with Gasteiger partial charge in [0, 0.05) is 13.2 Å². The molecule has 1 aliphatic heterocycles. The number of piperidine rings is 1. The summed E-state index contributed by atoms with van der Waals surface area (Å²) in [6, 6.07) is 1.74. The molecule has 1 amide bonds. The zero-order valence-corrected chi connectivity index (χ0v) is 10.6. The van der Waals surface area contributed by atoms with E-state index in [1.165, 1.54) is 0 Å². The predicted molar refractivity (Wildman–Crippen MR) is 64.8 cm³/mol. The van der Waals surface area contributed by atoms with Gasteiger partial charge in [-0.1, -0.05) is 5.16 Å². The molecule has 1 aliphatic rings. The van der Waals surface area contributed by atoms with Crippen LogP contribution in [0.2, 0.25) is 0 Å². The molecule has 0 spiro atoms. The Bertz CT molecular complexity index is 366. The van der Waals surface area contributed by atoms with E-state index in [2.05, 4.69) is 15.8 Å². The number of methoxy groups -OCH3 is 1. The van der Waals surface area contributed by atoms with E-state index in [0.29, 0.717) is 18.9 Å². The third-order valence-corrected chi connectivity index (χ3v) is 3.38. The van der Waals surface area contributed by atoms with Crippen LogP contribution in [0.5, 0.6) is 0 Å². The zero-order chi connectivity index (χ0) is 12.8. The van der Waals surface area contributed by atoms with Crippen molar-refractivity contribution in [1.82, 2.24) is 15.8 Å². The first-order valence-electron chi connectivity index (χ1n) is 6.14. The Morgan fingerprint density at radius 3 is 3.00 bits per heavy atom. The summed E-state index contributed by atoms with van der Waals surface area (Å²) >= 11 is 0. The van der Waals surface area contributed by atoms with Crippen molar-refractivity contribution >= 4 is 5.91 Å². The van der Waals surface area contributed by atoms with E-state index >= 15 is 0 Å². The van der Waals surface area contributed by atoms with E-state index in [4.69, 9.17) is 9.26 Å². The maximum Gasteiger partial charge on any atom is 0.229 e. The lowest BCUT2D eigenvalue weighted by Gasteiger charge is -2.35. The second kappa shape index (κ2) is 5.97. The maximum atomic E-state index is 12.3. The Hall–Kier alpha value is -1.40. The Balaban J connectivity index is 1.95. The topological polar surface area (TPSA) is 76.4 Å². The SMILES string of the molecule is COCC1(C(=O)NCc2ccno2)CCNCC1. The van der Waals surface area contributed by atoms with E-state index in [9.17, 15) is 4.79 Å². The van der Waals surface area contributed by atoms with Crippen LogP contribution in [0.4, 0.5) is 0 Å². The molecule has 0 bridgehead atoms. The lowest BCUT2D eigenvalue weighted by Crippen LogP contribution is -2.49. The highest BCUT2D eigenvalue weighted by molar-refractivity contribution is 5.82. The molecule has 0 aromatic carbocycles. The number of rotatable bonds is 5. The molecule has 100 valence electrons. The normalized spacial score (nSPS) is 18.5. The molecule has 0 saturated carbocycles. The van der Waals surface area contributed by atoms with Crippen molar-refractivity contribution < 1.29 is 14.1 Å². The molecule has 0 radical (unpaired) electrons. The molecule has 1 saturated heterocycles. The number of ether oxygens (including phenoxy) is 1. The van der Waals surface area contributed by atoms with Gasteiger partial charge in [0.15, 0.2) is 5.76 Å². The fraction of sp³-hybridized carbons (Fsp3) is 0.667. The van der Waals surface area contributed by atoms with Crippen molar-refractivity contribution in [3.05, 3.63) is 18.0 Å². The van der Waals surface area contributed by atoms with Crippen LogP contribution in [-0.2, 0) is 16.1 Å². The fourth-order valence-electron chi connectivity index (χ4n) is 2.31. The smallest absolute Gasteiger partial charge is 0.229 e. The molecular weight excluding hydrogens is 234 g/mol. The van der Waals surface area contributed by atoms with Crippen LogP contribution >= 0.6 is 0 Å². The summed E-state index contributed by atoms with van der Waals surface area (Å²) in [5.74, 6) is 0.687. The van der Waals surface area contributed by atoms with Gasteiger partial charge < -0.3 is 19.9 Å². The summed E-state index contributed by atoms with van der Waals surface area (Å²) in [4.78, 5) is 12.3. The van der Waals surface area contributed by atoms with E-state index < -0.39 is 5.41 Å². The van der Waals surface area contributed by atoms with Crippen molar-refractivity contribution in [2.24, 2.45) is 5.41 Å². The minimum atomic E-state index is -0.417. The van der Waals surface area contributed by atoms with Crippen LogP contribution in [0, 0.1) is 5.41 Å². The van der Waals surface area contributed by atoms with Gasteiger partial charge in [-0.3, -0.25) is 4.79 Å². The minimum Gasteiger partial charge on any atom is -0.384 e. The maximum absolute atomic E-state index is 12.3. The van der Waals surface area contributed by atoms with E-state index in [1.54, 1.807) is 19.4 Å². The summed E-state index contributed by atoms with van der Waals surface area (Å²) in [6.45, 7) is 2.52. The van der Waals surface area contributed by atoms with Crippen LogP contribution in [0.1, 0.15) is 18.6 Å². The van der Waals surface area contributed by atoms with E-state index in [1.807, 2.05) is 0 Å². The Kier molecular flexibility index (Phi) is 4.33. The summed E-state index contributed by atoms with van der Waals surface area (Å²) in [5.41, 5.74) is -0.417. The molecule has 6 nitrogen and oxygen atoms in total. The number of carbonyl (C=O) groups is 1. The Morgan fingerprint density at radius 1 is 1.61 bits per heavy atom. The number of hydrogen-bond donors (Lipinski definition) is 2. The van der Waals surface area contributed by atoms with E-state index in [0.717, 1.165) is 25.9 Å². The third-order valence-electron chi connectivity index (χ3n) is 3.38. The van der Waals surface area contributed by atoms with Gasteiger partial charge in [-0.2, -0.15) is 0 Å². The van der Waals surface area contributed by atoms with Gasteiger partial charge in [-0.05, 0) is 25.9 Å². The second-order valence-corrected chi connectivity index (χ2v) is 4.62. The molecular formula is C12H19N3O3. The van der Waals surface area contributed by atoms with Crippen LogP contribution in [0.3, 0.4) is 0 Å². The van der Waals surface area contributed by atoms with Crippen LogP contribution in [0.15, 0.2) is 16.8 Å². The molecule has 2 N–H and O–H groups in total. The summed E-state index contributed by atoms with van der Waals surface area (Å²) in [5, 5.41) is 9.76. The molecule has 2 heterocycles. The van der Waals surface area contributed by atoms with Gasteiger partial charge in [0.25, 0.3) is 0 Å². The number of carbonyl (C=O) groups excluding carboxylic acids is 1. The molecule has 0 atom stereocenters. The van der Waals surface area contributed by atoms with Crippen molar-refractivity contribution in [3.63, 3.8) is 0 Å². The average molecular weight is 253 g/mol. The highest BCUT2D eigenvalue weighted by Gasteiger charge is 2.39. The van der Waals surface area contributed by atoms with Crippen molar-refractivity contribution in [3.8, 4) is 0 Å². The van der Waals surface area contributed by atoms with Crippen molar-refractivity contribution in [2.45, 2.75) is 19.4 Å². The first kappa shape index (κ1) is 13.0. The highest BCUT2D eigenvalue weighted by atomic mass is 16.5. The molecule has 1 aromatic rings. The molecule has 0 unspecified atom stereocenters. The summed E-state index contributed by atoms with van der Waals surface area (Å²) < 4.78 is 10.2. The lowest BCUT2D eigenvalue weighted by atomic mass is 9.78. The first-order valence-corrected chi connectivity index (χ1v) is 6.14. The second-order valence-electron chi connectivity index (χ2n) is 4.62. The van der Waals surface area contributed by atoms with Gasteiger partial charge >= 0.3 is 0 Å². The number of nitrogens with one attached hydrogen (secondary N) is 2. The average Bonchev–Trinajstić information content (AvgIpc) is 2.90.